The number of Topliss-reactive ketones (excluding diaryl/α,β-unsaturated/α-hetero) is 1. The van der Waals surface area contributed by atoms with E-state index in [1.54, 1.807) is 0 Å². The number of hydrogen-bond acceptors (Lipinski definition) is 9. The molecule has 0 radical (unpaired) electrons. The molecular formula is C20H22F4N8O5. The first kappa shape index (κ1) is 25.9. The topological polar surface area (TPSA) is 159 Å². The summed E-state index contributed by atoms with van der Waals surface area (Å²) in [5.41, 5.74) is 4.88. The van der Waals surface area contributed by atoms with Gasteiger partial charge in [0, 0.05) is 31.6 Å². The van der Waals surface area contributed by atoms with Crippen LogP contribution in [0.4, 0.5) is 50.4 Å². The van der Waals surface area contributed by atoms with Crippen LogP contribution in [0.5, 0.6) is 0 Å². The second-order valence-electron chi connectivity index (χ2n) is 8.08. The Bertz CT molecular complexity index is 1160. The zero-order valence-electron chi connectivity index (χ0n) is 19.1. The number of anilines is 4. The van der Waals surface area contributed by atoms with E-state index in [4.69, 9.17) is 15.3 Å². The third-order valence-corrected chi connectivity index (χ3v) is 5.59. The number of rotatable bonds is 7. The fourth-order valence-electron chi connectivity index (χ4n) is 3.83. The van der Waals surface area contributed by atoms with Gasteiger partial charge in [0.05, 0.1) is 25.4 Å². The average molecular weight is 530 g/mol. The fourth-order valence-corrected chi connectivity index (χ4v) is 3.83. The molecule has 4 rings (SSSR count). The number of nitrogens with two attached hydrogens (primary N) is 1. The van der Waals surface area contributed by atoms with E-state index < -0.39 is 48.5 Å². The van der Waals surface area contributed by atoms with Crippen LogP contribution >= 0.6 is 0 Å². The van der Waals surface area contributed by atoms with E-state index in [1.807, 2.05) is 0 Å². The van der Waals surface area contributed by atoms with Crippen LogP contribution in [-0.4, -0.2) is 83.5 Å². The smallest absolute Gasteiger partial charge is 0.414 e. The van der Waals surface area contributed by atoms with Crippen molar-refractivity contribution in [1.82, 2.24) is 20.2 Å². The van der Waals surface area contributed by atoms with Crippen LogP contribution in [0.1, 0.15) is 12.8 Å². The molecule has 2 aromatic rings. The number of H-pyrrole nitrogens is 1. The summed E-state index contributed by atoms with van der Waals surface area (Å²) in [6, 6.07) is 1.17. The predicted octanol–water partition coefficient (Wildman–Crippen LogP) is 1.89. The van der Waals surface area contributed by atoms with Crippen molar-refractivity contribution in [3.63, 3.8) is 0 Å². The van der Waals surface area contributed by atoms with E-state index in [1.165, 1.54) is 4.90 Å². The van der Waals surface area contributed by atoms with Crippen molar-refractivity contribution in [3.8, 4) is 0 Å². The molecule has 17 heteroatoms. The molecule has 0 saturated carbocycles. The van der Waals surface area contributed by atoms with Crippen LogP contribution in [0, 0.1) is 11.6 Å². The minimum absolute atomic E-state index is 0.00271. The number of cyclic esters (lactones) is 1. The summed E-state index contributed by atoms with van der Waals surface area (Å²) in [7, 11) is 0. The molecule has 1 atom stereocenters. The molecule has 4 N–H and O–H groups in total. The second kappa shape index (κ2) is 10.9. The summed E-state index contributed by atoms with van der Waals surface area (Å²) in [4.78, 5) is 47.1. The highest BCUT2D eigenvalue weighted by atomic mass is 19.3. The quantitative estimate of drug-likeness (QED) is 0.455. The summed E-state index contributed by atoms with van der Waals surface area (Å²) in [5.74, 6) is -3.33. The van der Waals surface area contributed by atoms with Gasteiger partial charge in [-0.05, 0) is 6.42 Å². The highest BCUT2D eigenvalue weighted by Crippen LogP contribution is 2.32. The van der Waals surface area contributed by atoms with E-state index in [0.717, 1.165) is 22.1 Å². The monoisotopic (exact) mass is 530 g/mol. The minimum atomic E-state index is -3.12. The van der Waals surface area contributed by atoms with Crippen molar-refractivity contribution in [3.05, 3.63) is 23.8 Å². The Kier molecular flexibility index (Phi) is 7.61. The lowest BCUT2D eigenvalue weighted by Crippen LogP contribution is -2.37. The number of aromatic amines is 1. The van der Waals surface area contributed by atoms with Gasteiger partial charge in [-0.15, -0.1) is 5.10 Å². The molecule has 13 nitrogen and oxygen atoms in total. The van der Waals surface area contributed by atoms with Gasteiger partial charge in [-0.3, -0.25) is 19.8 Å². The molecule has 200 valence electrons. The van der Waals surface area contributed by atoms with Gasteiger partial charge >= 0.3 is 12.1 Å². The molecule has 3 amide bonds. The molecular weight excluding hydrogens is 508 g/mol. The lowest BCUT2D eigenvalue weighted by molar-refractivity contribution is -0.129. The number of nitrogens with zero attached hydrogens (tertiary/aromatic N) is 5. The van der Waals surface area contributed by atoms with E-state index >= 15 is 8.78 Å². The zero-order valence-corrected chi connectivity index (χ0v) is 19.1. The Morgan fingerprint density at radius 2 is 1.95 bits per heavy atom. The SMILES string of the molecule is Nc1nc(NC(=O)N2CCN(c3c(F)cc(N4C[C@H](CCC(=O)C(F)F)OC4=O)cc3F)CCO2)n[nH]1. The largest absolute Gasteiger partial charge is 0.444 e. The second-order valence-corrected chi connectivity index (χ2v) is 8.08. The summed E-state index contributed by atoms with van der Waals surface area (Å²) in [5, 5.41) is 9.34. The number of ketones is 1. The standard InChI is InChI=1S/C20H22F4N8O5/c21-12-7-10(31-9-11(37-20(31)35)1-2-14(33)16(23)24)8-13(22)15(12)30-3-4-32(36-6-5-30)19(34)27-18-26-17(25)28-29-18/h7-8,11,16H,1-6,9H2,(H4,25,26,27,28,29,34)/t11-/m0/s1. The maximum Gasteiger partial charge on any atom is 0.414 e. The number of urea groups is 1. The molecule has 0 bridgehead atoms. The van der Waals surface area contributed by atoms with Gasteiger partial charge in [-0.1, -0.05) is 0 Å². The van der Waals surface area contributed by atoms with Crippen molar-refractivity contribution in [2.75, 3.05) is 53.6 Å². The van der Waals surface area contributed by atoms with Crippen LogP contribution in [-0.2, 0) is 14.4 Å². The summed E-state index contributed by atoms with van der Waals surface area (Å²) < 4.78 is 59.9. The Balaban J connectivity index is 1.39. The molecule has 2 aliphatic rings. The molecule has 2 fully saturated rings. The highest BCUT2D eigenvalue weighted by Gasteiger charge is 2.34. The molecule has 0 aliphatic carbocycles. The first-order chi connectivity index (χ1) is 17.6. The van der Waals surface area contributed by atoms with Gasteiger partial charge in [-0.2, -0.15) is 4.98 Å². The number of nitrogens with one attached hydrogen (secondary N) is 2. The minimum Gasteiger partial charge on any atom is -0.444 e. The number of hydrogen-bond donors (Lipinski definition) is 3. The first-order valence-corrected chi connectivity index (χ1v) is 11.0. The number of benzene rings is 1. The van der Waals surface area contributed by atoms with Crippen molar-refractivity contribution >= 4 is 41.2 Å². The van der Waals surface area contributed by atoms with Crippen LogP contribution in [0.2, 0.25) is 0 Å². The van der Waals surface area contributed by atoms with Crippen molar-refractivity contribution < 1.29 is 41.5 Å². The third kappa shape index (κ3) is 5.99. The third-order valence-electron chi connectivity index (χ3n) is 5.59. The number of carbonyl (C=O) groups excluding carboxylic acids is 3. The molecule has 1 aromatic carbocycles. The molecule has 1 aromatic heterocycles. The fraction of sp³-hybridized carbons (Fsp3) is 0.450. The van der Waals surface area contributed by atoms with Gasteiger partial charge in [0.1, 0.15) is 11.8 Å². The maximum atomic E-state index is 15.0. The number of amides is 3. The number of aromatic nitrogens is 3. The van der Waals surface area contributed by atoms with E-state index in [-0.39, 0.29) is 62.5 Å². The molecule has 3 heterocycles. The average Bonchev–Trinajstić information content (AvgIpc) is 3.32. The molecule has 37 heavy (non-hydrogen) atoms. The van der Waals surface area contributed by atoms with Crippen molar-refractivity contribution in [2.45, 2.75) is 25.4 Å². The predicted molar refractivity (Wildman–Crippen MR) is 119 cm³/mol. The van der Waals surface area contributed by atoms with Gasteiger partial charge in [0.2, 0.25) is 5.95 Å². The number of alkyl halides is 2. The Labute approximate surface area is 206 Å². The molecule has 0 spiro atoms. The first-order valence-electron chi connectivity index (χ1n) is 11.0. The summed E-state index contributed by atoms with van der Waals surface area (Å²) in [6.07, 6.45) is -5.56. The highest BCUT2D eigenvalue weighted by molar-refractivity contribution is 5.90. The molecule has 0 unspecified atom stereocenters. The van der Waals surface area contributed by atoms with Gasteiger partial charge < -0.3 is 15.4 Å². The van der Waals surface area contributed by atoms with E-state index in [2.05, 4.69) is 20.5 Å². The van der Waals surface area contributed by atoms with Crippen LogP contribution in [0.25, 0.3) is 0 Å². The van der Waals surface area contributed by atoms with Gasteiger partial charge in [-0.25, -0.2) is 37.3 Å². The van der Waals surface area contributed by atoms with Crippen LogP contribution in [0.15, 0.2) is 12.1 Å². The molecule has 2 aliphatic heterocycles. The number of carbonyl (C=O) groups is 3. The van der Waals surface area contributed by atoms with E-state index in [0.29, 0.717) is 0 Å². The summed E-state index contributed by atoms with van der Waals surface area (Å²) >= 11 is 0. The number of ether oxygens (including phenoxy) is 1. The van der Waals surface area contributed by atoms with E-state index in [9.17, 15) is 23.2 Å². The lowest BCUT2D eigenvalue weighted by Gasteiger charge is -2.24. The zero-order chi connectivity index (χ0) is 26.7. The Hall–Kier alpha value is -4.15. The lowest BCUT2D eigenvalue weighted by atomic mass is 10.1. The maximum absolute atomic E-state index is 15.0. The number of hydroxylamine groups is 2. The van der Waals surface area contributed by atoms with Gasteiger partial charge in [0.15, 0.2) is 17.4 Å². The normalized spacial score (nSPS) is 18.2. The number of halogens is 4. The Morgan fingerprint density at radius 1 is 1.22 bits per heavy atom. The van der Waals surface area contributed by atoms with Crippen molar-refractivity contribution in [1.29, 1.82) is 0 Å². The van der Waals surface area contributed by atoms with Gasteiger partial charge in [0.25, 0.3) is 12.4 Å². The summed E-state index contributed by atoms with van der Waals surface area (Å²) in [6.45, 7) is -0.267. The van der Waals surface area contributed by atoms with Crippen molar-refractivity contribution in [2.24, 2.45) is 0 Å². The van der Waals surface area contributed by atoms with Crippen LogP contribution in [0.3, 0.4) is 0 Å². The van der Waals surface area contributed by atoms with Crippen LogP contribution < -0.4 is 20.9 Å². The number of nitrogen functional groups attached to an aromatic ring is 1. The Morgan fingerprint density at radius 3 is 2.59 bits per heavy atom. The molecule has 2 saturated heterocycles.